The summed E-state index contributed by atoms with van der Waals surface area (Å²) in [5.74, 6) is 1.71. The fourth-order valence-corrected chi connectivity index (χ4v) is 2.42. The molecular weight excluding hydrogens is 318 g/mol. The van der Waals surface area contributed by atoms with Crippen molar-refractivity contribution in [3.05, 3.63) is 52.0 Å². The first-order chi connectivity index (χ1) is 9.63. The molecule has 0 aromatic heterocycles. The van der Waals surface area contributed by atoms with Gasteiger partial charge in [-0.2, -0.15) is 0 Å². The molecule has 2 rings (SSSR count). The van der Waals surface area contributed by atoms with Gasteiger partial charge in [-0.05, 0) is 41.1 Å². The van der Waals surface area contributed by atoms with E-state index in [-0.39, 0.29) is 0 Å². The van der Waals surface area contributed by atoms with Gasteiger partial charge in [0.05, 0.1) is 18.7 Å². The summed E-state index contributed by atoms with van der Waals surface area (Å²) >= 11 is 3.45. The van der Waals surface area contributed by atoms with E-state index < -0.39 is 0 Å². The van der Waals surface area contributed by atoms with Crippen molar-refractivity contribution in [2.24, 2.45) is 0 Å². The molecule has 0 amide bonds. The lowest BCUT2D eigenvalue weighted by Crippen LogP contribution is -2.02. The van der Waals surface area contributed by atoms with Gasteiger partial charge in [0.2, 0.25) is 0 Å². The maximum Gasteiger partial charge on any atom is 0.135 e. The number of rotatable bonds is 5. The van der Waals surface area contributed by atoms with Crippen LogP contribution >= 0.6 is 15.9 Å². The maximum absolute atomic E-state index is 5.38. The highest BCUT2D eigenvalue weighted by atomic mass is 79.9. The minimum Gasteiger partial charge on any atom is -0.496 e. The van der Waals surface area contributed by atoms with Gasteiger partial charge in [-0.1, -0.05) is 17.7 Å². The van der Waals surface area contributed by atoms with E-state index in [0.717, 1.165) is 27.2 Å². The summed E-state index contributed by atoms with van der Waals surface area (Å²) in [6.07, 6.45) is 0. The van der Waals surface area contributed by atoms with Crippen molar-refractivity contribution in [1.82, 2.24) is 0 Å². The summed E-state index contributed by atoms with van der Waals surface area (Å²) in [5, 5.41) is 3.38. The average Bonchev–Trinajstić information content (AvgIpc) is 2.46. The quantitative estimate of drug-likeness (QED) is 0.879. The molecule has 0 fully saturated rings. The topological polar surface area (TPSA) is 30.5 Å². The molecule has 3 nitrogen and oxygen atoms in total. The van der Waals surface area contributed by atoms with Gasteiger partial charge in [0.15, 0.2) is 0 Å². The van der Waals surface area contributed by atoms with Crippen molar-refractivity contribution in [3.63, 3.8) is 0 Å². The Morgan fingerprint density at radius 1 is 1.00 bits per heavy atom. The maximum atomic E-state index is 5.38. The Bertz CT molecular complexity index is 599. The molecule has 0 aliphatic rings. The Labute approximate surface area is 128 Å². The van der Waals surface area contributed by atoms with Crippen molar-refractivity contribution >= 4 is 21.6 Å². The molecule has 1 N–H and O–H groups in total. The number of ether oxygens (including phenoxy) is 2. The second-order valence-electron chi connectivity index (χ2n) is 4.52. The molecule has 20 heavy (non-hydrogen) atoms. The minimum absolute atomic E-state index is 0.704. The number of hydrogen-bond acceptors (Lipinski definition) is 3. The predicted molar refractivity (Wildman–Crippen MR) is 85.8 cm³/mol. The van der Waals surface area contributed by atoms with Crippen LogP contribution in [-0.4, -0.2) is 14.2 Å². The third-order valence-corrected chi connectivity index (χ3v) is 3.73. The van der Waals surface area contributed by atoms with Gasteiger partial charge in [-0.25, -0.2) is 0 Å². The van der Waals surface area contributed by atoms with Gasteiger partial charge in [0.1, 0.15) is 11.5 Å². The number of nitrogens with one attached hydrogen (secondary N) is 1. The van der Waals surface area contributed by atoms with Crippen LogP contribution in [0.1, 0.15) is 11.1 Å². The molecule has 0 saturated carbocycles. The van der Waals surface area contributed by atoms with Crippen LogP contribution in [-0.2, 0) is 6.54 Å². The van der Waals surface area contributed by atoms with Crippen LogP contribution in [0.25, 0.3) is 0 Å². The van der Waals surface area contributed by atoms with Gasteiger partial charge in [-0.3, -0.25) is 0 Å². The normalized spacial score (nSPS) is 10.2. The van der Waals surface area contributed by atoms with Gasteiger partial charge in [0, 0.05) is 23.9 Å². The van der Waals surface area contributed by atoms with Crippen LogP contribution in [0.3, 0.4) is 0 Å². The highest BCUT2D eigenvalue weighted by Gasteiger charge is 2.05. The lowest BCUT2D eigenvalue weighted by Gasteiger charge is -2.12. The van der Waals surface area contributed by atoms with Gasteiger partial charge < -0.3 is 14.8 Å². The zero-order valence-corrected chi connectivity index (χ0v) is 13.5. The summed E-state index contributed by atoms with van der Waals surface area (Å²) in [4.78, 5) is 0. The number of hydrogen-bond donors (Lipinski definition) is 1. The SMILES string of the molecule is COc1cc(NCc2cc(C)ccc2OC)ccc1Br. The van der Waals surface area contributed by atoms with Crippen LogP contribution in [0.5, 0.6) is 11.5 Å². The Morgan fingerprint density at radius 3 is 2.45 bits per heavy atom. The van der Waals surface area contributed by atoms with Crippen LogP contribution in [0, 0.1) is 6.92 Å². The smallest absolute Gasteiger partial charge is 0.135 e. The Hall–Kier alpha value is -1.68. The van der Waals surface area contributed by atoms with Crippen molar-refractivity contribution in [3.8, 4) is 11.5 Å². The van der Waals surface area contributed by atoms with Gasteiger partial charge in [0.25, 0.3) is 0 Å². The van der Waals surface area contributed by atoms with Crippen LogP contribution in [0.4, 0.5) is 5.69 Å². The molecule has 0 aliphatic carbocycles. The fourth-order valence-electron chi connectivity index (χ4n) is 2.01. The minimum atomic E-state index is 0.704. The van der Waals surface area contributed by atoms with Gasteiger partial charge in [-0.15, -0.1) is 0 Å². The number of aryl methyl sites for hydroxylation is 1. The molecule has 0 unspecified atom stereocenters. The zero-order chi connectivity index (χ0) is 14.5. The third kappa shape index (κ3) is 3.45. The monoisotopic (exact) mass is 335 g/mol. The van der Waals surface area contributed by atoms with E-state index in [4.69, 9.17) is 9.47 Å². The van der Waals surface area contributed by atoms with E-state index in [1.807, 2.05) is 30.3 Å². The van der Waals surface area contributed by atoms with E-state index >= 15 is 0 Å². The summed E-state index contributed by atoms with van der Waals surface area (Å²) in [5.41, 5.74) is 3.36. The highest BCUT2D eigenvalue weighted by Crippen LogP contribution is 2.28. The molecule has 0 saturated heterocycles. The first kappa shape index (κ1) is 14.7. The molecule has 2 aromatic rings. The molecule has 106 valence electrons. The lowest BCUT2D eigenvalue weighted by atomic mass is 10.1. The third-order valence-electron chi connectivity index (χ3n) is 3.07. The van der Waals surface area contributed by atoms with Gasteiger partial charge >= 0.3 is 0 Å². The van der Waals surface area contributed by atoms with Crippen LogP contribution in [0.2, 0.25) is 0 Å². The van der Waals surface area contributed by atoms with E-state index in [1.165, 1.54) is 5.56 Å². The Morgan fingerprint density at radius 2 is 1.75 bits per heavy atom. The summed E-state index contributed by atoms with van der Waals surface area (Å²) < 4.78 is 11.6. The van der Waals surface area contributed by atoms with Crippen molar-refractivity contribution in [2.45, 2.75) is 13.5 Å². The van der Waals surface area contributed by atoms with Crippen LogP contribution in [0.15, 0.2) is 40.9 Å². The fraction of sp³-hybridized carbons (Fsp3) is 0.250. The average molecular weight is 336 g/mol. The summed E-state index contributed by atoms with van der Waals surface area (Å²) in [6.45, 7) is 2.78. The Kier molecular flexibility index (Phi) is 4.90. The van der Waals surface area contributed by atoms with E-state index in [0.29, 0.717) is 6.54 Å². The first-order valence-electron chi connectivity index (χ1n) is 6.35. The zero-order valence-electron chi connectivity index (χ0n) is 11.9. The second kappa shape index (κ2) is 6.66. The van der Waals surface area contributed by atoms with E-state index in [2.05, 4.69) is 34.2 Å². The molecule has 4 heteroatoms. The molecule has 0 bridgehead atoms. The van der Waals surface area contributed by atoms with E-state index in [1.54, 1.807) is 14.2 Å². The molecular formula is C16H18BrNO2. The standard InChI is InChI=1S/C16H18BrNO2/c1-11-4-7-15(19-2)12(8-11)10-18-13-5-6-14(17)16(9-13)20-3/h4-9,18H,10H2,1-3H3. The van der Waals surface area contributed by atoms with Crippen molar-refractivity contribution in [1.29, 1.82) is 0 Å². The second-order valence-corrected chi connectivity index (χ2v) is 5.37. The van der Waals surface area contributed by atoms with E-state index in [9.17, 15) is 0 Å². The van der Waals surface area contributed by atoms with Crippen molar-refractivity contribution in [2.75, 3.05) is 19.5 Å². The largest absolute Gasteiger partial charge is 0.496 e. The molecule has 0 aliphatic heterocycles. The number of halogens is 1. The van der Waals surface area contributed by atoms with Crippen molar-refractivity contribution < 1.29 is 9.47 Å². The van der Waals surface area contributed by atoms with Crippen LogP contribution < -0.4 is 14.8 Å². The Balaban J connectivity index is 2.14. The molecule has 2 aromatic carbocycles. The summed E-state index contributed by atoms with van der Waals surface area (Å²) in [6, 6.07) is 12.1. The molecule has 0 atom stereocenters. The molecule has 0 heterocycles. The molecule has 0 radical (unpaired) electrons. The molecule has 0 spiro atoms. The number of anilines is 1. The number of benzene rings is 2. The first-order valence-corrected chi connectivity index (χ1v) is 7.14. The lowest BCUT2D eigenvalue weighted by molar-refractivity contribution is 0.410. The highest BCUT2D eigenvalue weighted by molar-refractivity contribution is 9.10. The summed E-state index contributed by atoms with van der Waals surface area (Å²) in [7, 11) is 3.35. The number of methoxy groups -OCH3 is 2. The predicted octanol–water partition coefficient (Wildman–Crippen LogP) is 4.39.